The quantitative estimate of drug-likeness (QED) is 0.374. The van der Waals surface area contributed by atoms with Crippen molar-refractivity contribution in [3.63, 3.8) is 0 Å². The lowest BCUT2D eigenvalue weighted by Crippen LogP contribution is -2.28. The number of rotatable bonds is 8. The minimum absolute atomic E-state index is 0.00158. The normalized spacial score (nSPS) is 11.6. The molecule has 9 nitrogen and oxygen atoms in total. The van der Waals surface area contributed by atoms with E-state index in [9.17, 15) is 8.42 Å². The SMILES string of the molecule is COc1ccc(-c2nnc3ccc(OCCNS(=O)(=O)c4cc(Cl)ccc4Cl)nn23)cc1. The van der Waals surface area contributed by atoms with Crippen LogP contribution in [0.3, 0.4) is 0 Å². The van der Waals surface area contributed by atoms with Crippen LogP contribution >= 0.6 is 23.2 Å². The summed E-state index contributed by atoms with van der Waals surface area (Å²) in [4.78, 5) is -0.0974. The van der Waals surface area contributed by atoms with Gasteiger partial charge in [0.15, 0.2) is 11.5 Å². The fraction of sp³-hybridized carbons (Fsp3) is 0.150. The summed E-state index contributed by atoms with van der Waals surface area (Å²) in [6, 6.07) is 14.9. The standard InChI is InChI=1S/C20H17Cl2N5O4S/c1-30-15-5-2-13(3-6-15)20-25-24-18-8-9-19(26-27(18)20)31-11-10-23-32(28,29)17-12-14(21)4-7-16(17)22/h2-9,12,23H,10-11H2,1H3. The molecule has 0 bridgehead atoms. The average Bonchev–Trinajstić information content (AvgIpc) is 3.21. The molecule has 0 saturated heterocycles. The Kier molecular flexibility index (Phi) is 6.47. The number of benzene rings is 2. The molecule has 2 heterocycles. The Morgan fingerprint density at radius 2 is 1.81 bits per heavy atom. The Balaban J connectivity index is 1.44. The highest BCUT2D eigenvalue weighted by atomic mass is 35.5. The highest BCUT2D eigenvalue weighted by Gasteiger charge is 2.18. The average molecular weight is 494 g/mol. The summed E-state index contributed by atoms with van der Waals surface area (Å²) in [7, 11) is -2.25. The number of nitrogens with one attached hydrogen (secondary N) is 1. The molecule has 4 aromatic rings. The van der Waals surface area contributed by atoms with Crippen molar-refractivity contribution in [1.29, 1.82) is 0 Å². The molecule has 2 aromatic carbocycles. The molecule has 12 heteroatoms. The zero-order chi connectivity index (χ0) is 22.7. The van der Waals surface area contributed by atoms with Gasteiger partial charge in [0.05, 0.1) is 12.1 Å². The molecule has 0 fully saturated rings. The van der Waals surface area contributed by atoms with Crippen molar-refractivity contribution >= 4 is 38.9 Å². The lowest BCUT2D eigenvalue weighted by atomic mass is 10.2. The molecule has 2 aromatic heterocycles. The lowest BCUT2D eigenvalue weighted by molar-refractivity contribution is 0.306. The van der Waals surface area contributed by atoms with Gasteiger partial charge in [-0.3, -0.25) is 0 Å². The minimum Gasteiger partial charge on any atom is -0.497 e. The van der Waals surface area contributed by atoms with Gasteiger partial charge < -0.3 is 9.47 Å². The molecular weight excluding hydrogens is 477 g/mol. The minimum atomic E-state index is -3.84. The number of hydrogen-bond donors (Lipinski definition) is 1. The molecule has 4 rings (SSSR count). The molecule has 0 atom stereocenters. The van der Waals surface area contributed by atoms with E-state index in [0.717, 1.165) is 11.3 Å². The smallest absolute Gasteiger partial charge is 0.242 e. The Hall–Kier alpha value is -2.92. The number of fused-ring (bicyclic) bond motifs is 1. The Bertz CT molecular complexity index is 1360. The van der Waals surface area contributed by atoms with Gasteiger partial charge in [-0.05, 0) is 48.5 Å². The third-order valence-corrected chi connectivity index (χ3v) is 6.59. The third-order valence-electron chi connectivity index (χ3n) is 4.41. The third kappa shape index (κ3) is 4.78. The first-order chi connectivity index (χ1) is 15.4. The molecule has 166 valence electrons. The fourth-order valence-corrected chi connectivity index (χ4v) is 4.64. The van der Waals surface area contributed by atoms with Gasteiger partial charge in [0, 0.05) is 23.2 Å². The maximum Gasteiger partial charge on any atom is 0.242 e. The van der Waals surface area contributed by atoms with Gasteiger partial charge in [-0.25, -0.2) is 13.1 Å². The van der Waals surface area contributed by atoms with Crippen molar-refractivity contribution in [2.24, 2.45) is 0 Å². The molecule has 0 saturated carbocycles. The number of ether oxygens (including phenoxy) is 2. The summed E-state index contributed by atoms with van der Waals surface area (Å²) in [5, 5.41) is 13.0. The molecule has 0 aliphatic heterocycles. The summed E-state index contributed by atoms with van der Waals surface area (Å²) in [6.45, 7) is 0.0360. The van der Waals surface area contributed by atoms with Crippen molar-refractivity contribution in [3.8, 4) is 23.0 Å². The Morgan fingerprint density at radius 1 is 1.03 bits per heavy atom. The maximum atomic E-state index is 12.4. The van der Waals surface area contributed by atoms with Crippen molar-refractivity contribution in [3.05, 3.63) is 64.6 Å². The van der Waals surface area contributed by atoms with Gasteiger partial charge in [0.25, 0.3) is 0 Å². The van der Waals surface area contributed by atoms with E-state index in [1.807, 2.05) is 24.3 Å². The monoisotopic (exact) mass is 493 g/mol. The summed E-state index contributed by atoms with van der Waals surface area (Å²) < 4.78 is 39.6. The van der Waals surface area contributed by atoms with Crippen LogP contribution in [0.25, 0.3) is 17.0 Å². The van der Waals surface area contributed by atoms with Crippen LogP contribution in [-0.2, 0) is 10.0 Å². The van der Waals surface area contributed by atoms with E-state index in [-0.39, 0.29) is 34.0 Å². The van der Waals surface area contributed by atoms with E-state index in [4.69, 9.17) is 32.7 Å². The van der Waals surface area contributed by atoms with Crippen LogP contribution in [-0.4, -0.2) is 48.5 Å². The van der Waals surface area contributed by atoms with Crippen LogP contribution in [0, 0.1) is 0 Å². The molecule has 0 spiro atoms. The molecule has 32 heavy (non-hydrogen) atoms. The summed E-state index contributed by atoms with van der Waals surface area (Å²) in [5.74, 6) is 1.54. The first-order valence-electron chi connectivity index (χ1n) is 9.32. The van der Waals surface area contributed by atoms with Crippen molar-refractivity contribution < 1.29 is 17.9 Å². The van der Waals surface area contributed by atoms with E-state index in [1.54, 1.807) is 23.8 Å². The van der Waals surface area contributed by atoms with Crippen LogP contribution < -0.4 is 14.2 Å². The second-order valence-electron chi connectivity index (χ2n) is 6.51. The topological polar surface area (TPSA) is 108 Å². The van der Waals surface area contributed by atoms with Crippen molar-refractivity contribution in [1.82, 2.24) is 24.5 Å². The van der Waals surface area contributed by atoms with Crippen molar-refractivity contribution in [2.75, 3.05) is 20.3 Å². The van der Waals surface area contributed by atoms with E-state index in [0.29, 0.717) is 11.5 Å². The number of hydrogen-bond acceptors (Lipinski definition) is 7. The fourth-order valence-electron chi connectivity index (χ4n) is 2.86. The predicted molar refractivity (Wildman–Crippen MR) is 120 cm³/mol. The zero-order valence-electron chi connectivity index (χ0n) is 16.7. The van der Waals surface area contributed by atoms with Crippen LogP contribution in [0.15, 0.2) is 59.5 Å². The van der Waals surface area contributed by atoms with Gasteiger partial charge in [-0.15, -0.1) is 15.3 Å². The number of aromatic nitrogens is 4. The number of methoxy groups -OCH3 is 1. The van der Waals surface area contributed by atoms with E-state index < -0.39 is 10.0 Å². The first kappa shape index (κ1) is 22.3. The molecule has 0 amide bonds. The number of nitrogens with zero attached hydrogens (tertiary/aromatic N) is 4. The van der Waals surface area contributed by atoms with Gasteiger partial charge in [0.2, 0.25) is 15.9 Å². The maximum absolute atomic E-state index is 12.4. The Morgan fingerprint density at radius 3 is 2.56 bits per heavy atom. The van der Waals surface area contributed by atoms with E-state index in [1.165, 1.54) is 18.2 Å². The van der Waals surface area contributed by atoms with Crippen LogP contribution in [0.4, 0.5) is 0 Å². The molecule has 1 N–H and O–H groups in total. The summed E-state index contributed by atoms with van der Waals surface area (Å²) >= 11 is 11.8. The second-order valence-corrected chi connectivity index (χ2v) is 9.09. The Labute approximate surface area is 193 Å². The van der Waals surface area contributed by atoms with Gasteiger partial charge in [0.1, 0.15) is 17.3 Å². The molecule has 0 radical (unpaired) electrons. The first-order valence-corrected chi connectivity index (χ1v) is 11.6. The zero-order valence-corrected chi connectivity index (χ0v) is 19.0. The predicted octanol–water partition coefficient (Wildman–Crippen LogP) is 3.46. The summed E-state index contributed by atoms with van der Waals surface area (Å²) in [5.41, 5.74) is 1.34. The van der Waals surface area contributed by atoms with Gasteiger partial charge >= 0.3 is 0 Å². The lowest BCUT2D eigenvalue weighted by Gasteiger charge is -2.10. The second kappa shape index (κ2) is 9.29. The highest BCUT2D eigenvalue weighted by Crippen LogP contribution is 2.25. The highest BCUT2D eigenvalue weighted by molar-refractivity contribution is 7.89. The molecule has 0 aliphatic rings. The van der Waals surface area contributed by atoms with Crippen LogP contribution in [0.2, 0.25) is 10.0 Å². The largest absolute Gasteiger partial charge is 0.497 e. The number of sulfonamides is 1. The summed E-state index contributed by atoms with van der Waals surface area (Å²) in [6.07, 6.45) is 0. The van der Waals surface area contributed by atoms with E-state index >= 15 is 0 Å². The van der Waals surface area contributed by atoms with Gasteiger partial charge in [-0.2, -0.15) is 4.52 Å². The molecule has 0 aliphatic carbocycles. The van der Waals surface area contributed by atoms with Gasteiger partial charge in [-0.1, -0.05) is 23.2 Å². The molecular formula is C20H17Cl2N5O4S. The van der Waals surface area contributed by atoms with E-state index in [2.05, 4.69) is 20.0 Å². The van der Waals surface area contributed by atoms with Crippen molar-refractivity contribution in [2.45, 2.75) is 4.90 Å². The number of halogens is 2. The van der Waals surface area contributed by atoms with Crippen LogP contribution in [0.5, 0.6) is 11.6 Å². The molecule has 0 unspecified atom stereocenters. The van der Waals surface area contributed by atoms with Crippen LogP contribution in [0.1, 0.15) is 0 Å².